The third-order valence-electron chi connectivity index (χ3n) is 9.53. The number of nitrogens with one attached hydrogen (secondary N) is 1. The van der Waals surface area contributed by atoms with Crippen molar-refractivity contribution in [2.24, 2.45) is 4.99 Å². The third-order valence-corrected chi connectivity index (χ3v) is 9.53. The van der Waals surface area contributed by atoms with E-state index in [0.29, 0.717) is 55.0 Å². The molecule has 3 aromatic rings. The largest absolute Gasteiger partial charge is 0.473 e. The number of hydrogen-bond acceptors (Lipinski definition) is 20. The lowest BCUT2D eigenvalue weighted by molar-refractivity contribution is -0.135. The van der Waals surface area contributed by atoms with Crippen molar-refractivity contribution in [2.75, 3.05) is 77.6 Å². The van der Waals surface area contributed by atoms with Gasteiger partial charge < -0.3 is 54.7 Å². The van der Waals surface area contributed by atoms with Gasteiger partial charge in [0.25, 0.3) is 0 Å². The van der Waals surface area contributed by atoms with E-state index < -0.39 is 12.2 Å². The smallest absolute Gasteiger partial charge is 0.247 e. The maximum Gasteiger partial charge on any atom is 0.247 e. The first-order chi connectivity index (χ1) is 28.2. The van der Waals surface area contributed by atoms with Crippen molar-refractivity contribution in [3.63, 3.8) is 0 Å². The molecule has 5 N–H and O–H groups in total. The Hall–Kier alpha value is -4.73. The molecule has 0 radical (unpaired) electrons. The van der Waals surface area contributed by atoms with E-state index >= 15 is 0 Å². The van der Waals surface area contributed by atoms with Gasteiger partial charge in [0.2, 0.25) is 35.2 Å². The van der Waals surface area contributed by atoms with Crippen LogP contribution in [0.25, 0.3) is 11.2 Å². The molecule has 0 unspecified atom stereocenters. The highest BCUT2D eigenvalue weighted by atomic mass is 16.7. The second kappa shape index (κ2) is 23.0. The maximum absolute atomic E-state index is 12.7. The highest BCUT2D eigenvalue weighted by Crippen LogP contribution is 2.37. The summed E-state index contributed by atoms with van der Waals surface area (Å²) in [4.78, 5) is 55.2. The molecule has 6 rings (SSSR count). The molecule has 1 aliphatic heterocycles. The first-order valence-electron chi connectivity index (χ1n) is 19.7. The number of fused-ring (bicyclic) bond motifs is 2. The summed E-state index contributed by atoms with van der Waals surface area (Å²) in [6.45, 7) is 5.20. The number of nitrogen functional groups attached to an aromatic ring is 2. The Balaban J connectivity index is 0.000000221. The summed E-state index contributed by atoms with van der Waals surface area (Å²) in [5.41, 5.74) is 13.1. The van der Waals surface area contributed by atoms with Crippen molar-refractivity contribution in [3.05, 3.63) is 11.9 Å². The Morgan fingerprint density at radius 1 is 0.724 bits per heavy atom. The zero-order chi connectivity index (χ0) is 41.3. The summed E-state index contributed by atoms with van der Waals surface area (Å²) in [6, 6.07) is 0. The van der Waals surface area contributed by atoms with E-state index in [2.05, 4.69) is 40.2 Å². The van der Waals surface area contributed by atoms with Crippen LogP contribution in [0.2, 0.25) is 0 Å². The van der Waals surface area contributed by atoms with Crippen LogP contribution in [0.4, 0.5) is 23.4 Å². The van der Waals surface area contributed by atoms with Crippen molar-refractivity contribution >= 4 is 51.8 Å². The van der Waals surface area contributed by atoms with Gasteiger partial charge in [0.05, 0.1) is 39.2 Å². The summed E-state index contributed by atoms with van der Waals surface area (Å²) < 4.78 is 43.2. The molecule has 0 spiro atoms. The monoisotopic (exact) mass is 812 g/mol. The number of ether oxygens (including phenoxy) is 8. The second-order valence-electron chi connectivity index (χ2n) is 14.0. The molecule has 20 nitrogen and oxygen atoms in total. The Morgan fingerprint density at radius 2 is 1.28 bits per heavy atom. The number of ketones is 2. The minimum Gasteiger partial charge on any atom is -0.473 e. The molecule has 0 bridgehead atoms. The van der Waals surface area contributed by atoms with Gasteiger partial charge in [0.1, 0.15) is 49.4 Å². The number of rotatable bonds is 20. The van der Waals surface area contributed by atoms with E-state index in [1.54, 1.807) is 28.1 Å². The van der Waals surface area contributed by atoms with Gasteiger partial charge in [-0.3, -0.25) is 9.59 Å². The SMILES string of the molecule is COCCOCO[C@@H](C)C(=O)C1=Nc2c(nc(N)nc2OC2CCCCC2)NC1.COCCOCO[C@@H](C)C(=O)c1cnc2nc(N)nc(OC3CCCCC3)c2n1. The molecule has 318 valence electrons. The van der Waals surface area contributed by atoms with Crippen LogP contribution in [0.15, 0.2) is 11.2 Å². The van der Waals surface area contributed by atoms with Crippen molar-refractivity contribution < 1.29 is 47.5 Å². The van der Waals surface area contributed by atoms with Crippen LogP contribution in [0.5, 0.6) is 11.8 Å². The number of hydrogen-bond donors (Lipinski definition) is 3. The van der Waals surface area contributed by atoms with Gasteiger partial charge in [-0.25, -0.2) is 15.0 Å². The highest BCUT2D eigenvalue weighted by molar-refractivity contribution is 6.43. The average molecular weight is 813 g/mol. The van der Waals surface area contributed by atoms with Crippen LogP contribution < -0.4 is 26.3 Å². The van der Waals surface area contributed by atoms with Gasteiger partial charge in [0.15, 0.2) is 22.7 Å². The van der Waals surface area contributed by atoms with E-state index in [4.69, 9.17) is 49.4 Å². The van der Waals surface area contributed by atoms with E-state index in [0.717, 1.165) is 51.4 Å². The zero-order valence-corrected chi connectivity index (χ0v) is 33.8. The summed E-state index contributed by atoms with van der Waals surface area (Å²) in [5, 5.41) is 3.08. The van der Waals surface area contributed by atoms with Crippen LogP contribution >= 0.6 is 0 Å². The number of carbonyl (C=O) groups excluding carboxylic acids is 2. The average Bonchev–Trinajstić information content (AvgIpc) is 3.23. The number of anilines is 3. The number of methoxy groups -OCH3 is 2. The van der Waals surface area contributed by atoms with Gasteiger partial charge >= 0.3 is 0 Å². The van der Waals surface area contributed by atoms with Crippen LogP contribution in [-0.2, 0) is 33.2 Å². The second-order valence-corrected chi connectivity index (χ2v) is 14.0. The molecule has 58 heavy (non-hydrogen) atoms. The molecule has 0 aromatic carbocycles. The minimum absolute atomic E-state index is 0.00322. The summed E-state index contributed by atoms with van der Waals surface area (Å²) in [6.07, 6.45) is 10.8. The molecule has 2 saturated carbocycles. The molecule has 3 aromatic heterocycles. The van der Waals surface area contributed by atoms with Crippen molar-refractivity contribution in [3.8, 4) is 11.8 Å². The van der Waals surface area contributed by atoms with E-state index in [9.17, 15) is 9.59 Å². The van der Waals surface area contributed by atoms with Gasteiger partial charge in [0, 0.05) is 14.2 Å². The molecule has 2 aliphatic carbocycles. The van der Waals surface area contributed by atoms with Crippen molar-refractivity contribution in [1.82, 2.24) is 29.9 Å². The minimum atomic E-state index is -0.748. The molecule has 20 heteroatoms. The third kappa shape index (κ3) is 13.1. The molecule has 2 atom stereocenters. The topological polar surface area (TPSA) is 262 Å². The Kier molecular flexibility index (Phi) is 17.6. The van der Waals surface area contributed by atoms with E-state index in [1.165, 1.54) is 19.0 Å². The standard InChI is InChI=1S/C19H29N5O5.C19H27N5O5/c2*1-12(28-11-27-9-8-26-2)16(25)14-10-21-17-15(22-14)18(24-19(20)23-17)29-13-6-4-3-5-7-13/h12-13H,3-11H2,1-2H3,(H3,20,21,23,24);10,12-13H,3-9,11H2,1-2H3,(H2,20,21,23,24)/t2*12-/m00/s1. The van der Waals surface area contributed by atoms with E-state index in [1.807, 2.05) is 0 Å². The Labute approximate surface area is 337 Å². The summed E-state index contributed by atoms with van der Waals surface area (Å²) in [7, 11) is 3.17. The number of nitrogens with two attached hydrogens (primary N) is 2. The van der Waals surface area contributed by atoms with Crippen LogP contribution in [0.3, 0.4) is 0 Å². The predicted octanol–water partition coefficient (Wildman–Crippen LogP) is 3.78. The molecule has 2 fully saturated rings. The molecular weight excluding hydrogens is 756 g/mol. The molecule has 0 saturated heterocycles. The molecule has 0 amide bonds. The normalized spacial score (nSPS) is 16.9. The first kappa shape index (κ1) is 44.4. The molecule has 3 aliphatic rings. The van der Waals surface area contributed by atoms with Gasteiger partial charge in [-0.2, -0.15) is 19.9 Å². The number of Topliss-reactive ketones (excluding diaryl/α,β-unsaturated/α-hetero) is 2. The highest BCUT2D eigenvalue weighted by Gasteiger charge is 2.28. The molecular formula is C38H56N10O10. The quantitative estimate of drug-likeness (QED) is 0.0832. The number of nitrogens with zero attached hydrogens (tertiary/aromatic N) is 7. The fraction of sp³-hybridized carbons (Fsp3) is 0.658. The van der Waals surface area contributed by atoms with Gasteiger partial charge in [-0.05, 0) is 65.2 Å². The van der Waals surface area contributed by atoms with Crippen LogP contribution in [0, 0.1) is 0 Å². The van der Waals surface area contributed by atoms with Gasteiger partial charge in [-0.1, -0.05) is 12.8 Å². The number of aliphatic imine (C=N–C) groups is 1. The van der Waals surface area contributed by atoms with Crippen molar-refractivity contribution in [1.29, 1.82) is 0 Å². The fourth-order valence-electron chi connectivity index (χ4n) is 6.32. The lowest BCUT2D eigenvalue weighted by atomic mass is 9.98. The molecule has 4 heterocycles. The van der Waals surface area contributed by atoms with Crippen LogP contribution in [-0.4, -0.2) is 132 Å². The first-order valence-corrected chi connectivity index (χ1v) is 19.7. The predicted molar refractivity (Wildman–Crippen MR) is 212 cm³/mol. The number of aromatic nitrogens is 6. The van der Waals surface area contributed by atoms with Crippen molar-refractivity contribution in [2.45, 2.75) is 102 Å². The fourth-order valence-corrected chi connectivity index (χ4v) is 6.32. The van der Waals surface area contributed by atoms with Gasteiger partial charge in [-0.15, -0.1) is 0 Å². The zero-order valence-electron chi connectivity index (χ0n) is 33.8. The maximum atomic E-state index is 12.7. The summed E-state index contributed by atoms with van der Waals surface area (Å²) in [5.74, 6) is 0.648. The lowest BCUT2D eigenvalue weighted by Gasteiger charge is -2.25. The summed E-state index contributed by atoms with van der Waals surface area (Å²) >= 11 is 0. The Morgan fingerprint density at radius 3 is 1.88 bits per heavy atom. The number of carbonyl (C=O) groups is 2. The van der Waals surface area contributed by atoms with Crippen LogP contribution in [0.1, 0.15) is 88.5 Å². The Bertz CT molecular complexity index is 1820. The lowest BCUT2D eigenvalue weighted by Crippen LogP contribution is -2.35. The van der Waals surface area contributed by atoms with E-state index in [-0.39, 0.29) is 73.0 Å².